The quantitative estimate of drug-likeness (QED) is 0.640. The predicted molar refractivity (Wildman–Crippen MR) is 111 cm³/mol. The zero-order valence-electron chi connectivity index (χ0n) is 16.2. The smallest absolute Gasteiger partial charge is 0.251 e. The first-order valence-corrected chi connectivity index (χ1v) is 9.48. The molecule has 0 saturated carbocycles. The Morgan fingerprint density at radius 1 is 0.828 bits per heavy atom. The Labute approximate surface area is 169 Å². The molecule has 0 radical (unpaired) electrons. The summed E-state index contributed by atoms with van der Waals surface area (Å²) >= 11 is 0. The van der Waals surface area contributed by atoms with Gasteiger partial charge in [0, 0.05) is 24.2 Å². The highest BCUT2D eigenvalue weighted by molar-refractivity contribution is 5.99. The third kappa shape index (κ3) is 5.75. The summed E-state index contributed by atoms with van der Waals surface area (Å²) in [6.45, 7) is 2.85. The Kier molecular flexibility index (Phi) is 6.74. The van der Waals surface area contributed by atoms with Crippen molar-refractivity contribution in [3.8, 4) is 0 Å². The van der Waals surface area contributed by atoms with Gasteiger partial charge in [-0.2, -0.15) is 0 Å². The van der Waals surface area contributed by atoms with E-state index < -0.39 is 0 Å². The van der Waals surface area contributed by atoms with Crippen molar-refractivity contribution < 1.29 is 14.0 Å². The van der Waals surface area contributed by atoms with E-state index in [-0.39, 0.29) is 17.6 Å². The second-order valence-corrected chi connectivity index (χ2v) is 6.82. The number of carbonyl (C=O) groups excluding carboxylic acids is 2. The first-order chi connectivity index (χ1) is 14.0. The molecule has 0 atom stereocenters. The molecule has 0 aliphatic carbocycles. The van der Waals surface area contributed by atoms with Gasteiger partial charge in [-0.05, 0) is 60.4 Å². The SMILES string of the molecule is Cc1ccccc1CNC(=O)c1cccc(C(=O)NCCc2ccc(F)cc2)c1. The zero-order chi connectivity index (χ0) is 20.6. The van der Waals surface area contributed by atoms with E-state index in [0.29, 0.717) is 30.6 Å². The van der Waals surface area contributed by atoms with E-state index in [1.165, 1.54) is 12.1 Å². The first-order valence-electron chi connectivity index (χ1n) is 9.48. The summed E-state index contributed by atoms with van der Waals surface area (Å²) in [4.78, 5) is 24.8. The summed E-state index contributed by atoms with van der Waals surface area (Å²) in [6.07, 6.45) is 0.600. The standard InChI is InChI=1S/C24H23FN2O2/c1-17-5-2-3-6-21(17)16-27-24(29)20-8-4-7-19(15-20)23(28)26-14-13-18-9-11-22(25)12-10-18/h2-12,15H,13-14,16H2,1H3,(H,26,28)(H,27,29). The summed E-state index contributed by atoms with van der Waals surface area (Å²) in [5.74, 6) is -0.759. The van der Waals surface area contributed by atoms with Gasteiger partial charge < -0.3 is 10.6 Å². The van der Waals surface area contributed by atoms with Crippen LogP contribution in [0.1, 0.15) is 37.4 Å². The highest BCUT2D eigenvalue weighted by atomic mass is 19.1. The van der Waals surface area contributed by atoms with Gasteiger partial charge in [0.15, 0.2) is 0 Å². The van der Waals surface area contributed by atoms with Crippen LogP contribution in [0.2, 0.25) is 0 Å². The Morgan fingerprint density at radius 2 is 1.48 bits per heavy atom. The average molecular weight is 390 g/mol. The Bertz CT molecular complexity index is 1000. The number of aryl methyl sites for hydroxylation is 1. The summed E-state index contributed by atoms with van der Waals surface area (Å²) in [5.41, 5.74) is 3.96. The molecule has 148 valence electrons. The molecule has 0 aromatic heterocycles. The van der Waals surface area contributed by atoms with Gasteiger partial charge in [-0.15, -0.1) is 0 Å². The van der Waals surface area contributed by atoms with Gasteiger partial charge in [0.2, 0.25) is 0 Å². The highest BCUT2D eigenvalue weighted by Crippen LogP contribution is 2.09. The van der Waals surface area contributed by atoms with Crippen molar-refractivity contribution in [2.45, 2.75) is 19.9 Å². The molecular weight excluding hydrogens is 367 g/mol. The van der Waals surface area contributed by atoms with Crippen LogP contribution in [0.15, 0.2) is 72.8 Å². The van der Waals surface area contributed by atoms with E-state index in [9.17, 15) is 14.0 Å². The molecule has 0 aliphatic heterocycles. The Balaban J connectivity index is 1.55. The van der Waals surface area contributed by atoms with Crippen LogP contribution >= 0.6 is 0 Å². The number of nitrogens with one attached hydrogen (secondary N) is 2. The normalized spacial score (nSPS) is 10.4. The minimum atomic E-state index is -0.282. The van der Waals surface area contributed by atoms with Gasteiger partial charge in [0.05, 0.1) is 0 Å². The fourth-order valence-electron chi connectivity index (χ4n) is 2.96. The molecule has 3 aromatic rings. The number of carbonyl (C=O) groups is 2. The van der Waals surface area contributed by atoms with Gasteiger partial charge in [0.25, 0.3) is 11.8 Å². The lowest BCUT2D eigenvalue weighted by molar-refractivity contribution is 0.0950. The molecule has 0 saturated heterocycles. The van der Waals surface area contributed by atoms with Gasteiger partial charge >= 0.3 is 0 Å². The van der Waals surface area contributed by atoms with E-state index in [2.05, 4.69) is 10.6 Å². The minimum Gasteiger partial charge on any atom is -0.352 e. The molecule has 3 aromatic carbocycles. The van der Waals surface area contributed by atoms with Gasteiger partial charge in [-0.3, -0.25) is 9.59 Å². The molecule has 3 rings (SSSR count). The molecule has 0 spiro atoms. The number of hydrogen-bond acceptors (Lipinski definition) is 2. The molecule has 4 nitrogen and oxygen atoms in total. The van der Waals surface area contributed by atoms with Gasteiger partial charge in [-0.25, -0.2) is 4.39 Å². The number of amides is 2. The van der Waals surface area contributed by atoms with Crippen LogP contribution in [0.5, 0.6) is 0 Å². The molecule has 0 heterocycles. The van der Waals surface area contributed by atoms with Crippen molar-refractivity contribution in [1.82, 2.24) is 10.6 Å². The monoisotopic (exact) mass is 390 g/mol. The predicted octanol–water partition coefficient (Wildman–Crippen LogP) is 4.04. The maximum absolute atomic E-state index is 12.9. The van der Waals surface area contributed by atoms with Crippen molar-refractivity contribution in [3.05, 3.63) is 106 Å². The maximum atomic E-state index is 12.9. The van der Waals surface area contributed by atoms with Crippen molar-refractivity contribution in [2.75, 3.05) is 6.54 Å². The van der Waals surface area contributed by atoms with E-state index >= 15 is 0 Å². The van der Waals surface area contributed by atoms with Crippen molar-refractivity contribution in [2.24, 2.45) is 0 Å². The Hall–Kier alpha value is -3.47. The van der Waals surface area contributed by atoms with E-state index in [1.807, 2.05) is 31.2 Å². The minimum absolute atomic E-state index is 0.228. The largest absolute Gasteiger partial charge is 0.352 e. The number of rotatable bonds is 7. The fourth-order valence-corrected chi connectivity index (χ4v) is 2.96. The first kappa shape index (κ1) is 20.3. The molecule has 2 amide bonds. The van der Waals surface area contributed by atoms with Crippen LogP contribution in [0.4, 0.5) is 4.39 Å². The highest BCUT2D eigenvalue weighted by Gasteiger charge is 2.10. The lowest BCUT2D eigenvalue weighted by Gasteiger charge is -2.09. The summed E-state index contributed by atoms with van der Waals surface area (Å²) in [6, 6.07) is 20.7. The molecule has 0 aliphatic rings. The average Bonchev–Trinajstić information content (AvgIpc) is 2.74. The van der Waals surface area contributed by atoms with E-state index in [1.54, 1.807) is 36.4 Å². The lowest BCUT2D eigenvalue weighted by atomic mass is 10.1. The summed E-state index contributed by atoms with van der Waals surface area (Å²) < 4.78 is 12.9. The second-order valence-electron chi connectivity index (χ2n) is 6.82. The summed E-state index contributed by atoms with van der Waals surface area (Å²) in [7, 11) is 0. The van der Waals surface area contributed by atoms with Crippen LogP contribution in [-0.2, 0) is 13.0 Å². The van der Waals surface area contributed by atoms with Crippen molar-refractivity contribution in [3.63, 3.8) is 0 Å². The van der Waals surface area contributed by atoms with Crippen molar-refractivity contribution in [1.29, 1.82) is 0 Å². The molecule has 0 bridgehead atoms. The Morgan fingerprint density at radius 3 is 2.17 bits per heavy atom. The number of halogens is 1. The fraction of sp³-hybridized carbons (Fsp3) is 0.167. The molecule has 29 heavy (non-hydrogen) atoms. The molecule has 0 unspecified atom stereocenters. The van der Waals surface area contributed by atoms with Gasteiger partial charge in [0.1, 0.15) is 5.82 Å². The molecule has 5 heteroatoms. The van der Waals surface area contributed by atoms with E-state index in [4.69, 9.17) is 0 Å². The third-order valence-corrected chi connectivity index (χ3v) is 4.70. The van der Waals surface area contributed by atoms with Crippen molar-refractivity contribution >= 4 is 11.8 Å². The zero-order valence-corrected chi connectivity index (χ0v) is 16.2. The van der Waals surface area contributed by atoms with Gasteiger partial charge in [-0.1, -0.05) is 42.5 Å². The maximum Gasteiger partial charge on any atom is 0.251 e. The van der Waals surface area contributed by atoms with Crippen LogP contribution in [0.3, 0.4) is 0 Å². The second kappa shape index (κ2) is 9.64. The molecule has 2 N–H and O–H groups in total. The van der Waals surface area contributed by atoms with E-state index in [0.717, 1.165) is 16.7 Å². The third-order valence-electron chi connectivity index (χ3n) is 4.70. The topological polar surface area (TPSA) is 58.2 Å². The molecular formula is C24H23FN2O2. The van der Waals surface area contributed by atoms with Crippen LogP contribution < -0.4 is 10.6 Å². The summed E-state index contributed by atoms with van der Waals surface area (Å²) in [5, 5.41) is 5.72. The molecule has 0 fully saturated rings. The van der Waals surface area contributed by atoms with Crippen LogP contribution in [-0.4, -0.2) is 18.4 Å². The number of benzene rings is 3. The lowest BCUT2D eigenvalue weighted by Crippen LogP contribution is -2.27. The van der Waals surface area contributed by atoms with Crippen LogP contribution in [0.25, 0.3) is 0 Å². The number of hydrogen-bond donors (Lipinski definition) is 2. The van der Waals surface area contributed by atoms with Crippen LogP contribution in [0, 0.1) is 12.7 Å².